The molecule has 1 atom stereocenters. The number of nitrogens with one attached hydrogen (secondary N) is 1. The molecule has 1 fully saturated rings. The van der Waals surface area contributed by atoms with E-state index >= 15 is 0 Å². The van der Waals surface area contributed by atoms with E-state index in [4.69, 9.17) is 5.73 Å². The van der Waals surface area contributed by atoms with Crippen LogP contribution in [0.1, 0.15) is 39.5 Å². The van der Waals surface area contributed by atoms with Crippen LogP contribution in [0.4, 0.5) is 11.4 Å². The van der Waals surface area contributed by atoms with Crippen LogP contribution in [0.2, 0.25) is 0 Å². The van der Waals surface area contributed by atoms with Gasteiger partial charge in [0.2, 0.25) is 5.91 Å². The highest BCUT2D eigenvalue weighted by Gasteiger charge is 2.15. The first-order valence-corrected chi connectivity index (χ1v) is 7.95. The molecule has 0 aliphatic carbocycles. The Bertz CT molecular complexity index is 448. The average molecular weight is 289 g/mol. The van der Waals surface area contributed by atoms with Crippen LogP contribution in [0.15, 0.2) is 24.3 Å². The summed E-state index contributed by atoms with van der Waals surface area (Å²) in [4.78, 5) is 14.2. The predicted octanol–water partition coefficient (Wildman–Crippen LogP) is 2.99. The van der Waals surface area contributed by atoms with Crippen LogP contribution in [0, 0.1) is 5.92 Å². The molecule has 1 heterocycles. The van der Waals surface area contributed by atoms with E-state index in [1.54, 1.807) is 0 Å². The number of anilines is 2. The molecule has 3 N–H and O–H groups in total. The Morgan fingerprint density at radius 3 is 2.52 bits per heavy atom. The number of nitrogens with zero attached hydrogens (tertiary/aromatic N) is 1. The first kappa shape index (κ1) is 15.8. The molecular weight excluding hydrogens is 262 g/mol. The molecule has 1 unspecified atom stereocenters. The van der Waals surface area contributed by atoms with Gasteiger partial charge in [0.25, 0.3) is 0 Å². The molecule has 1 aliphatic heterocycles. The Kier molecular flexibility index (Phi) is 5.62. The zero-order valence-corrected chi connectivity index (χ0v) is 13.1. The fourth-order valence-corrected chi connectivity index (χ4v) is 2.60. The molecule has 4 nitrogen and oxygen atoms in total. The zero-order chi connectivity index (χ0) is 15.2. The van der Waals surface area contributed by atoms with E-state index in [1.165, 1.54) is 18.5 Å². The topological polar surface area (TPSA) is 58.4 Å². The minimum Gasteiger partial charge on any atom is -0.372 e. The minimum atomic E-state index is 0.0341. The van der Waals surface area contributed by atoms with E-state index in [0.29, 0.717) is 6.42 Å². The number of carbonyl (C=O) groups is 1. The van der Waals surface area contributed by atoms with Gasteiger partial charge < -0.3 is 16.0 Å². The van der Waals surface area contributed by atoms with Crippen LogP contribution >= 0.6 is 0 Å². The van der Waals surface area contributed by atoms with E-state index in [9.17, 15) is 4.79 Å². The van der Waals surface area contributed by atoms with E-state index in [-0.39, 0.29) is 11.9 Å². The summed E-state index contributed by atoms with van der Waals surface area (Å²) in [7, 11) is 0. The molecule has 2 rings (SSSR count). The number of nitrogens with two attached hydrogens (primary N) is 1. The Morgan fingerprint density at radius 2 is 1.95 bits per heavy atom. The smallest absolute Gasteiger partial charge is 0.224 e. The van der Waals surface area contributed by atoms with Crippen molar-refractivity contribution >= 4 is 17.3 Å². The minimum absolute atomic E-state index is 0.0341. The maximum atomic E-state index is 11.8. The quantitative estimate of drug-likeness (QED) is 0.876. The van der Waals surface area contributed by atoms with Crippen molar-refractivity contribution < 1.29 is 4.79 Å². The number of piperidine rings is 1. The van der Waals surface area contributed by atoms with Crippen molar-refractivity contribution in [1.82, 2.24) is 0 Å². The highest BCUT2D eigenvalue weighted by Crippen LogP contribution is 2.24. The molecule has 0 saturated carbocycles. The van der Waals surface area contributed by atoms with E-state index in [2.05, 4.69) is 29.3 Å². The molecule has 0 spiro atoms. The summed E-state index contributed by atoms with van der Waals surface area (Å²) < 4.78 is 0. The fourth-order valence-electron chi connectivity index (χ4n) is 2.60. The summed E-state index contributed by atoms with van der Waals surface area (Å²) in [6, 6.07) is 8.22. The maximum Gasteiger partial charge on any atom is 0.224 e. The Hall–Kier alpha value is -1.55. The van der Waals surface area contributed by atoms with Gasteiger partial charge in [0.15, 0.2) is 0 Å². The van der Waals surface area contributed by atoms with Gasteiger partial charge in [-0.3, -0.25) is 4.79 Å². The molecule has 0 aromatic heterocycles. The molecule has 21 heavy (non-hydrogen) atoms. The summed E-state index contributed by atoms with van der Waals surface area (Å²) in [5, 5.41) is 2.92. The molecule has 0 bridgehead atoms. The van der Waals surface area contributed by atoms with Gasteiger partial charge in [-0.05, 0) is 56.4 Å². The van der Waals surface area contributed by atoms with Crippen LogP contribution in [-0.2, 0) is 4.79 Å². The van der Waals surface area contributed by atoms with Crippen molar-refractivity contribution in [2.45, 2.75) is 45.6 Å². The summed E-state index contributed by atoms with van der Waals surface area (Å²) in [6.45, 7) is 6.49. The van der Waals surface area contributed by atoms with Crippen LogP contribution in [0.25, 0.3) is 0 Å². The summed E-state index contributed by atoms with van der Waals surface area (Å²) >= 11 is 0. The van der Waals surface area contributed by atoms with Gasteiger partial charge in [-0.15, -0.1) is 0 Å². The number of hydrogen-bond acceptors (Lipinski definition) is 3. The van der Waals surface area contributed by atoms with Gasteiger partial charge in [-0.25, -0.2) is 0 Å². The second-order valence-corrected chi connectivity index (χ2v) is 6.28. The Balaban J connectivity index is 1.85. The third-order valence-electron chi connectivity index (χ3n) is 4.13. The number of amides is 1. The van der Waals surface area contributed by atoms with Crippen LogP contribution in [0.3, 0.4) is 0 Å². The molecule has 1 aromatic carbocycles. The lowest BCUT2D eigenvalue weighted by Crippen LogP contribution is -2.32. The zero-order valence-electron chi connectivity index (χ0n) is 13.1. The second-order valence-electron chi connectivity index (χ2n) is 6.28. The third kappa shape index (κ3) is 5.05. The predicted molar refractivity (Wildman–Crippen MR) is 88.6 cm³/mol. The van der Waals surface area contributed by atoms with Gasteiger partial charge in [-0.1, -0.05) is 6.92 Å². The largest absolute Gasteiger partial charge is 0.372 e. The average Bonchev–Trinajstić information content (AvgIpc) is 2.47. The summed E-state index contributed by atoms with van der Waals surface area (Å²) in [6.07, 6.45) is 3.71. The molecule has 1 aliphatic rings. The monoisotopic (exact) mass is 289 g/mol. The maximum absolute atomic E-state index is 11.8. The lowest BCUT2D eigenvalue weighted by Gasteiger charge is -2.32. The second kappa shape index (κ2) is 7.46. The third-order valence-corrected chi connectivity index (χ3v) is 4.13. The van der Waals surface area contributed by atoms with Gasteiger partial charge >= 0.3 is 0 Å². The number of benzene rings is 1. The van der Waals surface area contributed by atoms with Gasteiger partial charge in [0, 0.05) is 36.9 Å². The van der Waals surface area contributed by atoms with E-state index < -0.39 is 0 Å². The summed E-state index contributed by atoms with van der Waals surface area (Å²) in [5.41, 5.74) is 7.77. The lowest BCUT2D eigenvalue weighted by molar-refractivity contribution is -0.116. The van der Waals surface area contributed by atoms with Crippen molar-refractivity contribution in [2.24, 2.45) is 11.7 Å². The molecule has 116 valence electrons. The van der Waals surface area contributed by atoms with Crippen LogP contribution in [0.5, 0.6) is 0 Å². The molecule has 1 aromatic rings. The number of carbonyl (C=O) groups excluding carboxylic acids is 1. The van der Waals surface area contributed by atoms with E-state index in [0.717, 1.165) is 31.1 Å². The molecule has 0 radical (unpaired) electrons. The number of hydrogen-bond donors (Lipinski definition) is 2. The van der Waals surface area contributed by atoms with E-state index in [1.807, 2.05) is 19.1 Å². The molecule has 1 amide bonds. The first-order chi connectivity index (χ1) is 10.0. The normalized spacial score (nSPS) is 17.6. The van der Waals surface area contributed by atoms with Crippen molar-refractivity contribution in [3.8, 4) is 0 Å². The number of rotatable bonds is 5. The van der Waals surface area contributed by atoms with Gasteiger partial charge in [0.05, 0.1) is 0 Å². The van der Waals surface area contributed by atoms with Crippen molar-refractivity contribution in [1.29, 1.82) is 0 Å². The van der Waals surface area contributed by atoms with Crippen molar-refractivity contribution in [2.75, 3.05) is 23.3 Å². The molecule has 1 saturated heterocycles. The van der Waals surface area contributed by atoms with Gasteiger partial charge in [0.1, 0.15) is 0 Å². The standard InChI is InChI=1S/C17H27N3O/c1-13-9-11-20(12-10-13)16-6-4-15(5-7-16)19-17(21)8-3-14(2)18/h4-7,13-14H,3,8-12,18H2,1-2H3,(H,19,21). The molecule has 4 heteroatoms. The van der Waals surface area contributed by atoms with Crippen molar-refractivity contribution in [3.05, 3.63) is 24.3 Å². The Labute approximate surface area is 127 Å². The van der Waals surface area contributed by atoms with Crippen LogP contribution < -0.4 is 16.0 Å². The highest BCUT2D eigenvalue weighted by molar-refractivity contribution is 5.90. The van der Waals surface area contributed by atoms with Gasteiger partial charge in [-0.2, -0.15) is 0 Å². The SMILES string of the molecule is CC(N)CCC(=O)Nc1ccc(N2CCC(C)CC2)cc1. The summed E-state index contributed by atoms with van der Waals surface area (Å²) in [5.74, 6) is 0.872. The molecular formula is C17H27N3O. The lowest BCUT2D eigenvalue weighted by atomic mass is 9.99. The Morgan fingerprint density at radius 1 is 1.33 bits per heavy atom. The fraction of sp³-hybridized carbons (Fsp3) is 0.588. The highest BCUT2D eigenvalue weighted by atomic mass is 16.1. The first-order valence-electron chi connectivity index (χ1n) is 7.95. The van der Waals surface area contributed by atoms with Crippen LogP contribution in [-0.4, -0.2) is 25.0 Å². The van der Waals surface area contributed by atoms with Crippen molar-refractivity contribution in [3.63, 3.8) is 0 Å².